The van der Waals surface area contributed by atoms with Crippen molar-refractivity contribution in [2.24, 2.45) is 0 Å². The van der Waals surface area contributed by atoms with E-state index in [1.54, 1.807) is 43.3 Å². The number of ether oxygens (including phenoxy) is 1. The number of thiocarbonyl (C=S) groups is 1. The Morgan fingerprint density at radius 3 is 2.15 bits per heavy atom. The molecule has 6 nitrogen and oxygen atoms in total. The van der Waals surface area contributed by atoms with Gasteiger partial charge >= 0.3 is 0 Å². The van der Waals surface area contributed by atoms with Crippen molar-refractivity contribution in [1.82, 2.24) is 10.2 Å². The summed E-state index contributed by atoms with van der Waals surface area (Å²) in [5.41, 5.74) is 3.52. The summed E-state index contributed by atoms with van der Waals surface area (Å²) in [6.07, 6.45) is 1.95. The van der Waals surface area contributed by atoms with Crippen LogP contribution in [0.1, 0.15) is 27.9 Å². The average molecular weight is 476 g/mol. The van der Waals surface area contributed by atoms with Crippen LogP contribution in [0.3, 0.4) is 0 Å². The van der Waals surface area contributed by atoms with Gasteiger partial charge in [0.15, 0.2) is 5.11 Å². The summed E-state index contributed by atoms with van der Waals surface area (Å²) in [7, 11) is 3.50. The molecule has 0 heterocycles. The quantitative estimate of drug-likeness (QED) is 0.447. The molecule has 0 aliphatic rings. The van der Waals surface area contributed by atoms with Crippen LogP contribution < -0.4 is 15.4 Å². The Balaban J connectivity index is 1.43. The molecule has 3 aromatic carbocycles. The van der Waals surface area contributed by atoms with Crippen molar-refractivity contribution in [3.63, 3.8) is 0 Å². The van der Waals surface area contributed by atoms with Crippen LogP contribution in [0, 0.1) is 0 Å². The Labute approximate surface area is 205 Å². The first-order chi connectivity index (χ1) is 16.4. The zero-order valence-electron chi connectivity index (χ0n) is 19.4. The van der Waals surface area contributed by atoms with E-state index in [1.807, 2.05) is 42.5 Å². The molecule has 0 spiro atoms. The van der Waals surface area contributed by atoms with Crippen LogP contribution in [-0.4, -0.2) is 42.5 Å². The third-order valence-corrected chi connectivity index (χ3v) is 5.39. The summed E-state index contributed by atoms with van der Waals surface area (Å²) < 4.78 is 5.77. The van der Waals surface area contributed by atoms with Crippen molar-refractivity contribution in [3.8, 4) is 5.75 Å². The smallest absolute Gasteiger partial charge is 0.257 e. The van der Waals surface area contributed by atoms with Crippen LogP contribution >= 0.6 is 12.2 Å². The van der Waals surface area contributed by atoms with Crippen molar-refractivity contribution in [2.75, 3.05) is 26.0 Å². The van der Waals surface area contributed by atoms with Crippen molar-refractivity contribution in [2.45, 2.75) is 19.3 Å². The maximum atomic E-state index is 12.5. The number of carbonyl (C=O) groups excluding carboxylic acids is 2. The molecule has 2 amide bonds. The molecule has 34 heavy (non-hydrogen) atoms. The molecular formula is C27H29N3O3S. The van der Waals surface area contributed by atoms with E-state index in [0.717, 1.165) is 17.7 Å². The monoisotopic (exact) mass is 475 g/mol. The van der Waals surface area contributed by atoms with E-state index in [1.165, 1.54) is 5.56 Å². The van der Waals surface area contributed by atoms with Gasteiger partial charge < -0.3 is 15.0 Å². The van der Waals surface area contributed by atoms with Crippen LogP contribution in [0.4, 0.5) is 5.69 Å². The summed E-state index contributed by atoms with van der Waals surface area (Å²) in [6.45, 7) is 0.564. The van der Waals surface area contributed by atoms with Crippen LogP contribution in [0.15, 0.2) is 78.9 Å². The van der Waals surface area contributed by atoms with Gasteiger partial charge in [0.2, 0.25) is 5.91 Å². The molecule has 0 bridgehead atoms. The topological polar surface area (TPSA) is 70.7 Å². The molecule has 0 aliphatic heterocycles. The van der Waals surface area contributed by atoms with Gasteiger partial charge in [0.1, 0.15) is 5.75 Å². The number of aryl methyl sites for hydroxylation is 1. The Morgan fingerprint density at radius 2 is 1.50 bits per heavy atom. The van der Waals surface area contributed by atoms with E-state index in [9.17, 15) is 9.59 Å². The van der Waals surface area contributed by atoms with Crippen LogP contribution in [0.25, 0.3) is 0 Å². The van der Waals surface area contributed by atoms with Crippen molar-refractivity contribution in [1.29, 1.82) is 0 Å². The van der Waals surface area contributed by atoms with Crippen LogP contribution in [0.2, 0.25) is 0 Å². The average Bonchev–Trinajstić information content (AvgIpc) is 2.84. The third kappa shape index (κ3) is 8.01. The van der Waals surface area contributed by atoms with Gasteiger partial charge in [0.25, 0.3) is 5.91 Å². The summed E-state index contributed by atoms with van der Waals surface area (Å²) in [5, 5.41) is 5.91. The molecule has 0 fully saturated rings. The van der Waals surface area contributed by atoms with Gasteiger partial charge in [-0.25, -0.2) is 0 Å². The molecule has 0 saturated heterocycles. The predicted octanol–water partition coefficient (Wildman–Crippen LogP) is 4.46. The number of rotatable bonds is 9. The molecule has 0 atom stereocenters. The maximum absolute atomic E-state index is 12.5. The normalized spacial score (nSPS) is 10.3. The second-order valence-corrected chi connectivity index (χ2v) is 8.41. The van der Waals surface area contributed by atoms with Gasteiger partial charge in [0.05, 0.1) is 6.61 Å². The zero-order valence-corrected chi connectivity index (χ0v) is 20.2. The summed E-state index contributed by atoms with van der Waals surface area (Å²) in [5.74, 6) is 0.505. The van der Waals surface area contributed by atoms with Gasteiger partial charge in [-0.2, -0.15) is 0 Å². The first-order valence-electron chi connectivity index (χ1n) is 11.1. The molecule has 0 radical (unpaired) electrons. The first kappa shape index (κ1) is 24.9. The molecule has 0 unspecified atom stereocenters. The second kappa shape index (κ2) is 12.5. The molecule has 0 aliphatic carbocycles. The lowest BCUT2D eigenvalue weighted by Crippen LogP contribution is -2.34. The lowest BCUT2D eigenvalue weighted by molar-refractivity contribution is -0.128. The second-order valence-electron chi connectivity index (χ2n) is 8.00. The van der Waals surface area contributed by atoms with Gasteiger partial charge in [-0.15, -0.1) is 0 Å². The minimum absolute atomic E-state index is 0.0953. The molecule has 3 rings (SSSR count). The highest BCUT2D eigenvalue weighted by Crippen LogP contribution is 2.14. The number of carbonyl (C=O) groups is 2. The van der Waals surface area contributed by atoms with E-state index in [4.69, 9.17) is 17.0 Å². The highest BCUT2D eigenvalue weighted by Gasteiger charge is 2.09. The lowest BCUT2D eigenvalue weighted by atomic mass is 10.1. The number of nitrogens with one attached hydrogen (secondary N) is 2. The number of hydrogen-bond acceptors (Lipinski definition) is 4. The van der Waals surface area contributed by atoms with Crippen LogP contribution in [0.5, 0.6) is 5.75 Å². The van der Waals surface area contributed by atoms with Gasteiger partial charge in [0, 0.05) is 38.2 Å². The fraction of sp³-hybridized carbons (Fsp3) is 0.222. The summed E-state index contributed by atoms with van der Waals surface area (Å²) in [6, 6.07) is 24.7. The molecule has 7 heteroatoms. The van der Waals surface area contributed by atoms with E-state index in [2.05, 4.69) is 22.8 Å². The molecule has 176 valence electrons. The Kier molecular flexibility index (Phi) is 9.17. The molecule has 3 aromatic rings. The minimum atomic E-state index is -0.299. The van der Waals surface area contributed by atoms with E-state index in [-0.39, 0.29) is 16.9 Å². The Morgan fingerprint density at radius 1 is 0.853 bits per heavy atom. The van der Waals surface area contributed by atoms with Crippen molar-refractivity contribution >= 4 is 34.8 Å². The van der Waals surface area contributed by atoms with Gasteiger partial charge in [-0.3, -0.25) is 14.9 Å². The van der Waals surface area contributed by atoms with Crippen molar-refractivity contribution in [3.05, 3.63) is 95.6 Å². The summed E-state index contributed by atoms with van der Waals surface area (Å²) >= 11 is 5.27. The molecular weight excluding hydrogens is 446 g/mol. The lowest BCUT2D eigenvalue weighted by Gasteiger charge is -2.12. The zero-order chi connectivity index (χ0) is 24.3. The van der Waals surface area contributed by atoms with E-state index in [0.29, 0.717) is 30.8 Å². The molecule has 2 N–H and O–H groups in total. The highest BCUT2D eigenvalue weighted by molar-refractivity contribution is 7.80. The highest BCUT2D eigenvalue weighted by atomic mass is 32.1. The van der Waals surface area contributed by atoms with E-state index >= 15 is 0 Å². The standard InChI is InChI=1S/C27H29N3O3S/c1-30(2)25(31)17-10-21-8-13-23(14-9-21)28-27(34)29-26(32)22-11-15-24(16-12-22)33-19-18-20-6-4-3-5-7-20/h3-9,11-16H,10,17-19H2,1-2H3,(H2,28,29,32,34). The Hall–Kier alpha value is -3.71. The number of nitrogens with zero attached hydrogens (tertiary/aromatic N) is 1. The molecule has 0 saturated carbocycles. The number of benzene rings is 3. The molecule has 0 aromatic heterocycles. The largest absolute Gasteiger partial charge is 0.493 e. The van der Waals surface area contributed by atoms with Gasteiger partial charge in [-0.05, 0) is 66.2 Å². The number of hydrogen-bond donors (Lipinski definition) is 2. The summed E-state index contributed by atoms with van der Waals surface area (Å²) in [4.78, 5) is 25.8. The SMILES string of the molecule is CN(C)C(=O)CCc1ccc(NC(=S)NC(=O)c2ccc(OCCc3ccccc3)cc2)cc1. The maximum Gasteiger partial charge on any atom is 0.257 e. The third-order valence-electron chi connectivity index (χ3n) is 5.18. The fourth-order valence-corrected chi connectivity index (χ4v) is 3.41. The van der Waals surface area contributed by atoms with E-state index < -0.39 is 0 Å². The Bertz CT molecular complexity index is 1100. The number of anilines is 1. The fourth-order valence-electron chi connectivity index (χ4n) is 3.20. The first-order valence-corrected chi connectivity index (χ1v) is 11.5. The minimum Gasteiger partial charge on any atom is -0.493 e. The predicted molar refractivity (Wildman–Crippen MR) is 139 cm³/mol. The number of amides is 2. The van der Waals surface area contributed by atoms with Crippen LogP contribution in [-0.2, 0) is 17.6 Å². The van der Waals surface area contributed by atoms with Gasteiger partial charge in [-0.1, -0.05) is 42.5 Å². The van der Waals surface area contributed by atoms with Crippen molar-refractivity contribution < 1.29 is 14.3 Å².